The fourth-order valence-corrected chi connectivity index (χ4v) is 3.55. The fraction of sp³-hybridized carbons (Fsp3) is 0.600. The molecule has 94 valence electrons. The zero-order chi connectivity index (χ0) is 12.1. The molecular weight excluding hydrogens is 226 g/mol. The van der Waals surface area contributed by atoms with Gasteiger partial charge in [0.2, 0.25) is 0 Å². The van der Waals surface area contributed by atoms with E-state index in [0.29, 0.717) is 0 Å². The van der Waals surface area contributed by atoms with Gasteiger partial charge in [0.15, 0.2) is 0 Å². The Labute approximate surface area is 109 Å². The summed E-state index contributed by atoms with van der Waals surface area (Å²) in [5.74, 6) is 2.07. The van der Waals surface area contributed by atoms with Gasteiger partial charge in [-0.1, -0.05) is 36.8 Å². The van der Waals surface area contributed by atoms with Gasteiger partial charge in [-0.15, -0.1) is 0 Å². The van der Waals surface area contributed by atoms with Crippen LogP contribution in [0, 0.1) is 12.8 Å². The Hall–Kier alpha value is -0.470. The highest BCUT2D eigenvalue weighted by Gasteiger charge is 2.19. The second-order valence-electron chi connectivity index (χ2n) is 5.09. The second-order valence-corrected chi connectivity index (χ2v) is 6.45. The van der Waals surface area contributed by atoms with Crippen LogP contribution in [0.3, 0.4) is 0 Å². The third kappa shape index (κ3) is 4.04. The van der Waals surface area contributed by atoms with Crippen LogP contribution in [0.2, 0.25) is 0 Å². The molecule has 0 amide bonds. The van der Waals surface area contributed by atoms with E-state index in [2.05, 4.69) is 55.2 Å². The average Bonchev–Trinajstić information content (AvgIpc) is 2.39. The first-order chi connectivity index (χ1) is 8.25. The van der Waals surface area contributed by atoms with Crippen molar-refractivity contribution < 1.29 is 0 Å². The van der Waals surface area contributed by atoms with Crippen molar-refractivity contribution in [3.8, 4) is 0 Å². The Bertz CT molecular complexity index is 327. The molecule has 0 radical (unpaired) electrons. The van der Waals surface area contributed by atoms with Gasteiger partial charge in [0.05, 0.1) is 0 Å². The first-order valence-electron chi connectivity index (χ1n) is 6.63. The molecule has 2 rings (SSSR count). The summed E-state index contributed by atoms with van der Waals surface area (Å²) < 4.78 is 0. The molecule has 1 fully saturated rings. The van der Waals surface area contributed by atoms with E-state index < -0.39 is 0 Å². The topological polar surface area (TPSA) is 12.0 Å². The van der Waals surface area contributed by atoms with Crippen LogP contribution in [0.1, 0.15) is 30.9 Å². The zero-order valence-corrected chi connectivity index (χ0v) is 11.7. The molecule has 1 aliphatic rings. The van der Waals surface area contributed by atoms with Gasteiger partial charge >= 0.3 is 0 Å². The lowest BCUT2D eigenvalue weighted by Crippen LogP contribution is -2.31. The average molecular weight is 249 g/mol. The van der Waals surface area contributed by atoms with Crippen molar-refractivity contribution in [2.45, 2.75) is 37.7 Å². The van der Waals surface area contributed by atoms with E-state index in [4.69, 9.17) is 0 Å². The second kappa shape index (κ2) is 6.46. The highest BCUT2D eigenvalue weighted by atomic mass is 32.2. The van der Waals surface area contributed by atoms with Crippen molar-refractivity contribution in [3.63, 3.8) is 0 Å². The summed E-state index contributed by atoms with van der Waals surface area (Å²) in [5, 5.41) is 4.23. The maximum Gasteiger partial charge on any atom is 0.0187 e. The van der Waals surface area contributed by atoms with Crippen molar-refractivity contribution in [1.29, 1.82) is 0 Å². The maximum atomic E-state index is 3.44. The molecule has 0 spiro atoms. The molecule has 1 heterocycles. The van der Waals surface area contributed by atoms with Gasteiger partial charge in [0.25, 0.3) is 0 Å². The van der Waals surface area contributed by atoms with Crippen molar-refractivity contribution in [2.24, 2.45) is 5.92 Å². The van der Waals surface area contributed by atoms with Gasteiger partial charge in [0.1, 0.15) is 0 Å². The number of nitrogens with one attached hydrogen (secondary N) is 1. The predicted molar refractivity (Wildman–Crippen MR) is 77.5 cm³/mol. The van der Waals surface area contributed by atoms with E-state index in [9.17, 15) is 0 Å². The number of hydrogen-bond acceptors (Lipinski definition) is 2. The summed E-state index contributed by atoms with van der Waals surface area (Å²) in [5.41, 5.74) is 2.81. The highest BCUT2D eigenvalue weighted by Crippen LogP contribution is 2.28. The third-order valence-electron chi connectivity index (χ3n) is 3.68. The van der Waals surface area contributed by atoms with E-state index in [1.54, 1.807) is 0 Å². The van der Waals surface area contributed by atoms with Crippen LogP contribution >= 0.6 is 11.8 Å². The third-order valence-corrected chi connectivity index (χ3v) is 5.09. The summed E-state index contributed by atoms with van der Waals surface area (Å²) in [4.78, 5) is 0. The summed E-state index contributed by atoms with van der Waals surface area (Å²) in [6, 6.07) is 8.95. The van der Waals surface area contributed by atoms with Crippen LogP contribution in [0.25, 0.3) is 0 Å². The van der Waals surface area contributed by atoms with Crippen LogP contribution < -0.4 is 5.32 Å². The van der Waals surface area contributed by atoms with Crippen molar-refractivity contribution >= 4 is 11.8 Å². The summed E-state index contributed by atoms with van der Waals surface area (Å²) in [7, 11) is 0. The minimum Gasteiger partial charge on any atom is -0.317 e. The van der Waals surface area contributed by atoms with Gasteiger partial charge in [-0.3, -0.25) is 0 Å². The van der Waals surface area contributed by atoms with Crippen LogP contribution in [-0.2, 0) is 5.75 Å². The van der Waals surface area contributed by atoms with Gasteiger partial charge in [-0.2, -0.15) is 11.8 Å². The van der Waals surface area contributed by atoms with E-state index in [0.717, 1.165) is 16.9 Å². The van der Waals surface area contributed by atoms with E-state index >= 15 is 0 Å². The minimum absolute atomic E-state index is 0.790. The normalized spacial score (nSPS) is 19.2. The molecule has 1 N–H and O–H groups in total. The molecule has 1 aliphatic heterocycles. The van der Waals surface area contributed by atoms with E-state index in [1.165, 1.54) is 37.1 Å². The Kier molecular flexibility index (Phi) is 4.93. The molecule has 1 saturated heterocycles. The fourth-order valence-electron chi connectivity index (χ4n) is 2.36. The lowest BCUT2D eigenvalue weighted by molar-refractivity contribution is 0.373. The molecule has 0 bridgehead atoms. The number of rotatable bonds is 4. The summed E-state index contributed by atoms with van der Waals surface area (Å²) in [6.07, 6.45) is 2.70. The van der Waals surface area contributed by atoms with Gasteiger partial charge in [0, 0.05) is 11.0 Å². The SMILES string of the molecule is Cc1ccc(CSC(C)C2CCNCC2)cc1. The van der Waals surface area contributed by atoms with Crippen LogP contribution in [0.15, 0.2) is 24.3 Å². The number of thioether (sulfide) groups is 1. The predicted octanol–water partition coefficient (Wildman–Crippen LogP) is 3.62. The Morgan fingerprint density at radius 3 is 2.53 bits per heavy atom. The van der Waals surface area contributed by atoms with E-state index in [-0.39, 0.29) is 0 Å². The number of benzene rings is 1. The Morgan fingerprint density at radius 2 is 1.88 bits per heavy atom. The lowest BCUT2D eigenvalue weighted by atomic mass is 9.95. The Morgan fingerprint density at radius 1 is 1.24 bits per heavy atom. The molecule has 1 unspecified atom stereocenters. The number of aryl methyl sites for hydroxylation is 1. The molecule has 1 atom stereocenters. The first kappa shape index (κ1) is 13.0. The molecule has 2 heteroatoms. The monoisotopic (exact) mass is 249 g/mol. The molecule has 1 aromatic rings. The molecule has 0 aromatic heterocycles. The largest absolute Gasteiger partial charge is 0.317 e. The van der Waals surface area contributed by atoms with Gasteiger partial charge in [-0.05, 0) is 44.3 Å². The molecule has 0 saturated carbocycles. The zero-order valence-electron chi connectivity index (χ0n) is 10.9. The molecule has 17 heavy (non-hydrogen) atoms. The molecule has 0 aliphatic carbocycles. The number of hydrogen-bond donors (Lipinski definition) is 1. The highest BCUT2D eigenvalue weighted by molar-refractivity contribution is 7.99. The quantitative estimate of drug-likeness (QED) is 0.875. The molecular formula is C15H23NS. The van der Waals surface area contributed by atoms with Crippen LogP contribution in [-0.4, -0.2) is 18.3 Å². The summed E-state index contributed by atoms with van der Waals surface area (Å²) in [6.45, 7) is 6.96. The Balaban J connectivity index is 1.78. The van der Waals surface area contributed by atoms with Crippen molar-refractivity contribution in [3.05, 3.63) is 35.4 Å². The lowest BCUT2D eigenvalue weighted by Gasteiger charge is -2.27. The van der Waals surface area contributed by atoms with Crippen LogP contribution in [0.5, 0.6) is 0 Å². The van der Waals surface area contributed by atoms with Gasteiger partial charge < -0.3 is 5.32 Å². The first-order valence-corrected chi connectivity index (χ1v) is 7.68. The summed E-state index contributed by atoms with van der Waals surface area (Å²) >= 11 is 2.11. The maximum absolute atomic E-state index is 3.44. The van der Waals surface area contributed by atoms with Crippen LogP contribution in [0.4, 0.5) is 0 Å². The van der Waals surface area contributed by atoms with Crippen molar-refractivity contribution in [1.82, 2.24) is 5.32 Å². The smallest absolute Gasteiger partial charge is 0.0187 e. The minimum atomic E-state index is 0.790. The van der Waals surface area contributed by atoms with Gasteiger partial charge in [-0.25, -0.2) is 0 Å². The number of piperidine rings is 1. The molecule has 1 nitrogen and oxygen atoms in total. The standard InChI is InChI=1S/C15H23NS/c1-12-3-5-14(6-4-12)11-17-13(2)15-7-9-16-10-8-15/h3-6,13,15-16H,7-11H2,1-2H3. The van der Waals surface area contributed by atoms with E-state index in [1.807, 2.05) is 0 Å². The van der Waals surface area contributed by atoms with Crippen molar-refractivity contribution in [2.75, 3.05) is 13.1 Å². The molecule has 1 aromatic carbocycles.